The third kappa shape index (κ3) is 2.18. The number of carboxylic acids is 1. The first-order valence-electron chi connectivity index (χ1n) is 5.39. The van der Waals surface area contributed by atoms with Crippen LogP contribution < -0.4 is 5.32 Å². The number of carbonyl (C=O) groups excluding carboxylic acids is 1. The third-order valence-corrected chi connectivity index (χ3v) is 2.99. The van der Waals surface area contributed by atoms with Crippen LogP contribution in [0.15, 0.2) is 24.3 Å². The van der Waals surface area contributed by atoms with Crippen molar-refractivity contribution in [3.8, 4) is 0 Å². The molecule has 1 amide bonds. The number of carbonyl (C=O) groups is 2. The van der Waals surface area contributed by atoms with Crippen molar-refractivity contribution in [3.63, 3.8) is 0 Å². The molecule has 0 atom stereocenters. The van der Waals surface area contributed by atoms with E-state index in [-0.39, 0.29) is 24.1 Å². The van der Waals surface area contributed by atoms with Crippen LogP contribution in [0.3, 0.4) is 0 Å². The Hall–Kier alpha value is -1.98. The van der Waals surface area contributed by atoms with Gasteiger partial charge in [-0.1, -0.05) is 12.1 Å². The van der Waals surface area contributed by atoms with E-state index in [0.717, 1.165) is 6.07 Å². The molecule has 96 valence electrons. The van der Waals surface area contributed by atoms with Gasteiger partial charge in [-0.15, -0.1) is 0 Å². The maximum atomic E-state index is 12.5. The second-order valence-electron chi connectivity index (χ2n) is 4.27. The van der Waals surface area contributed by atoms with Gasteiger partial charge in [0.15, 0.2) is 0 Å². The lowest BCUT2D eigenvalue weighted by Gasteiger charge is -2.11. The Morgan fingerprint density at radius 3 is 2.50 bits per heavy atom. The lowest BCUT2D eigenvalue weighted by Crippen LogP contribution is -2.31. The van der Waals surface area contributed by atoms with Gasteiger partial charge in [0.05, 0.1) is 0 Å². The van der Waals surface area contributed by atoms with Gasteiger partial charge in [-0.3, -0.25) is 9.59 Å². The fourth-order valence-corrected chi connectivity index (χ4v) is 1.67. The van der Waals surface area contributed by atoms with E-state index >= 15 is 0 Å². The first-order valence-corrected chi connectivity index (χ1v) is 5.39. The van der Waals surface area contributed by atoms with Crippen molar-refractivity contribution < 1.29 is 23.5 Å². The summed E-state index contributed by atoms with van der Waals surface area (Å²) < 4.78 is 24.9. The zero-order valence-electron chi connectivity index (χ0n) is 9.32. The van der Waals surface area contributed by atoms with E-state index in [9.17, 15) is 18.4 Å². The molecule has 18 heavy (non-hydrogen) atoms. The van der Waals surface area contributed by atoms with Crippen LogP contribution in [-0.4, -0.2) is 17.0 Å². The summed E-state index contributed by atoms with van der Waals surface area (Å²) in [4.78, 5) is 22.6. The van der Waals surface area contributed by atoms with E-state index in [1.54, 1.807) is 0 Å². The fraction of sp³-hybridized carbons (Fsp3) is 0.333. The molecule has 2 rings (SSSR count). The smallest absolute Gasteiger partial charge is 0.319 e. The number of aliphatic carboxylic acids is 1. The fourth-order valence-electron chi connectivity index (χ4n) is 1.67. The Kier molecular flexibility index (Phi) is 3.02. The molecule has 6 heteroatoms. The summed E-state index contributed by atoms with van der Waals surface area (Å²) in [7, 11) is 0. The average Bonchev–Trinajstić information content (AvgIpc) is 3.10. The number of rotatable bonds is 4. The standard InChI is InChI=1S/C12H11F2NO3/c13-9(14)7-2-1-3-8(6-7)15-10(16)12(4-5-12)11(17)18/h1-3,6,9H,4-5H2,(H,15,16)(H,17,18). The van der Waals surface area contributed by atoms with E-state index in [4.69, 9.17) is 5.11 Å². The van der Waals surface area contributed by atoms with Gasteiger partial charge in [0.1, 0.15) is 5.41 Å². The highest BCUT2D eigenvalue weighted by Crippen LogP contribution is 2.46. The van der Waals surface area contributed by atoms with Crippen LogP contribution in [0.5, 0.6) is 0 Å². The highest BCUT2D eigenvalue weighted by molar-refractivity contribution is 6.10. The summed E-state index contributed by atoms with van der Waals surface area (Å²) in [5, 5.41) is 11.3. The maximum Gasteiger partial charge on any atom is 0.319 e. The highest BCUT2D eigenvalue weighted by Gasteiger charge is 2.57. The number of hydrogen-bond acceptors (Lipinski definition) is 2. The van der Waals surface area contributed by atoms with Crippen molar-refractivity contribution in [2.75, 3.05) is 5.32 Å². The van der Waals surface area contributed by atoms with Gasteiger partial charge in [0, 0.05) is 11.3 Å². The van der Waals surface area contributed by atoms with Crippen molar-refractivity contribution in [1.82, 2.24) is 0 Å². The van der Waals surface area contributed by atoms with Crippen molar-refractivity contribution in [2.24, 2.45) is 5.41 Å². The third-order valence-electron chi connectivity index (χ3n) is 2.99. The number of hydrogen-bond donors (Lipinski definition) is 2. The number of halogens is 2. The van der Waals surface area contributed by atoms with E-state index < -0.39 is 23.7 Å². The largest absolute Gasteiger partial charge is 0.480 e. The average molecular weight is 255 g/mol. The van der Waals surface area contributed by atoms with E-state index in [1.165, 1.54) is 18.2 Å². The van der Waals surface area contributed by atoms with Crippen molar-refractivity contribution in [2.45, 2.75) is 19.3 Å². The van der Waals surface area contributed by atoms with Gasteiger partial charge in [0.25, 0.3) is 6.43 Å². The Morgan fingerprint density at radius 2 is 2.00 bits per heavy atom. The Labute approximate surface area is 102 Å². The van der Waals surface area contributed by atoms with Crippen LogP contribution >= 0.6 is 0 Å². The number of alkyl halides is 2. The molecule has 0 heterocycles. The second-order valence-corrected chi connectivity index (χ2v) is 4.27. The molecule has 4 nitrogen and oxygen atoms in total. The molecule has 1 aliphatic rings. The summed E-state index contributed by atoms with van der Waals surface area (Å²) in [6, 6.07) is 5.21. The molecule has 0 bridgehead atoms. The Bertz CT molecular complexity index is 498. The Balaban J connectivity index is 2.13. The van der Waals surface area contributed by atoms with Gasteiger partial charge >= 0.3 is 5.97 Å². The molecular formula is C12H11F2NO3. The van der Waals surface area contributed by atoms with Crippen molar-refractivity contribution in [3.05, 3.63) is 29.8 Å². The van der Waals surface area contributed by atoms with Gasteiger partial charge in [0.2, 0.25) is 5.91 Å². The maximum absolute atomic E-state index is 12.5. The number of anilines is 1. The zero-order chi connectivity index (χ0) is 13.3. The van der Waals surface area contributed by atoms with Crippen LogP contribution in [0.2, 0.25) is 0 Å². The minimum Gasteiger partial charge on any atom is -0.480 e. The molecule has 2 N–H and O–H groups in total. The second kappa shape index (κ2) is 4.36. The van der Waals surface area contributed by atoms with Gasteiger partial charge in [-0.2, -0.15) is 0 Å². The molecule has 1 saturated carbocycles. The van der Waals surface area contributed by atoms with Crippen molar-refractivity contribution >= 4 is 17.6 Å². The molecule has 0 aromatic heterocycles. The van der Waals surface area contributed by atoms with Gasteiger partial charge < -0.3 is 10.4 Å². The minimum absolute atomic E-state index is 0.185. The molecule has 1 aromatic carbocycles. The number of amides is 1. The highest BCUT2D eigenvalue weighted by atomic mass is 19.3. The van der Waals surface area contributed by atoms with Crippen LogP contribution in [0.25, 0.3) is 0 Å². The van der Waals surface area contributed by atoms with Gasteiger partial charge in [-0.05, 0) is 25.0 Å². The van der Waals surface area contributed by atoms with E-state index in [1.807, 2.05) is 0 Å². The quantitative estimate of drug-likeness (QED) is 0.812. The molecule has 0 radical (unpaired) electrons. The van der Waals surface area contributed by atoms with Crippen LogP contribution in [0.4, 0.5) is 14.5 Å². The molecule has 0 spiro atoms. The summed E-state index contributed by atoms with van der Waals surface area (Å²) in [5.41, 5.74) is -1.40. The lowest BCUT2D eigenvalue weighted by atomic mass is 10.1. The zero-order valence-corrected chi connectivity index (χ0v) is 9.32. The molecule has 1 aromatic rings. The first-order chi connectivity index (χ1) is 8.45. The summed E-state index contributed by atoms with van der Waals surface area (Å²) in [5.74, 6) is -1.83. The summed E-state index contributed by atoms with van der Waals surface area (Å²) >= 11 is 0. The van der Waals surface area contributed by atoms with Crippen LogP contribution in [0.1, 0.15) is 24.8 Å². The van der Waals surface area contributed by atoms with Crippen LogP contribution in [-0.2, 0) is 9.59 Å². The van der Waals surface area contributed by atoms with E-state index in [2.05, 4.69) is 5.32 Å². The predicted octanol–water partition coefficient (Wildman–Crippen LogP) is 2.43. The predicted molar refractivity (Wildman–Crippen MR) is 59.3 cm³/mol. The van der Waals surface area contributed by atoms with Crippen LogP contribution in [0, 0.1) is 5.41 Å². The SMILES string of the molecule is O=C(O)C1(C(=O)Nc2cccc(C(F)F)c2)CC1. The van der Waals surface area contributed by atoms with Crippen molar-refractivity contribution in [1.29, 1.82) is 0 Å². The number of benzene rings is 1. The van der Waals surface area contributed by atoms with E-state index in [0.29, 0.717) is 0 Å². The minimum atomic E-state index is -2.63. The molecule has 1 aliphatic carbocycles. The number of carboxylic acid groups (broad SMARTS) is 1. The first kappa shape index (κ1) is 12.5. The molecular weight excluding hydrogens is 244 g/mol. The lowest BCUT2D eigenvalue weighted by molar-refractivity contribution is -0.147. The van der Waals surface area contributed by atoms with Gasteiger partial charge in [-0.25, -0.2) is 8.78 Å². The summed E-state index contributed by atoms with van der Waals surface area (Å²) in [6.45, 7) is 0. The summed E-state index contributed by atoms with van der Waals surface area (Å²) in [6.07, 6.45) is -2.07. The molecule has 0 saturated heterocycles. The monoisotopic (exact) mass is 255 g/mol. The normalized spacial score (nSPS) is 16.4. The topological polar surface area (TPSA) is 66.4 Å². The molecule has 0 unspecified atom stereocenters. The Morgan fingerprint density at radius 1 is 1.33 bits per heavy atom. The number of nitrogens with one attached hydrogen (secondary N) is 1. The molecule has 1 fully saturated rings. The molecule has 0 aliphatic heterocycles.